The van der Waals surface area contributed by atoms with E-state index in [1.54, 1.807) is 49.4 Å². The topological polar surface area (TPSA) is 91.7 Å². The van der Waals surface area contributed by atoms with Crippen molar-refractivity contribution in [2.24, 2.45) is 0 Å². The second kappa shape index (κ2) is 7.00. The van der Waals surface area contributed by atoms with Crippen LogP contribution in [0.5, 0.6) is 11.5 Å². The molecule has 1 aliphatic heterocycles. The van der Waals surface area contributed by atoms with E-state index in [1.165, 1.54) is 14.2 Å². The minimum atomic E-state index is -1.24. The summed E-state index contributed by atoms with van der Waals surface area (Å²) in [5, 5.41) is 12.0. The molecule has 27 heavy (non-hydrogen) atoms. The number of rotatable bonds is 5. The van der Waals surface area contributed by atoms with E-state index >= 15 is 0 Å². The fourth-order valence-corrected chi connectivity index (χ4v) is 3.12. The first-order valence-electron chi connectivity index (χ1n) is 8.29. The predicted octanol–water partition coefficient (Wildman–Crippen LogP) is 2.54. The number of hydrogen-bond donors (Lipinski definition) is 1. The Balaban J connectivity index is 1.94. The quantitative estimate of drug-likeness (QED) is 0.822. The minimum Gasteiger partial charge on any atom is -0.493 e. The van der Waals surface area contributed by atoms with Gasteiger partial charge in [-0.25, -0.2) is 4.79 Å². The third kappa shape index (κ3) is 3.06. The SMILES string of the molecule is COc1ccc([C@@]2(C)NC(=O)N(Cc3ccccc3C#N)C2=O)cc1OC. The molecule has 1 aliphatic rings. The van der Waals surface area contributed by atoms with Crippen LogP contribution in [0.2, 0.25) is 0 Å². The fraction of sp³-hybridized carbons (Fsp3) is 0.250. The molecule has 0 saturated carbocycles. The highest BCUT2D eigenvalue weighted by Gasteiger charge is 2.49. The van der Waals surface area contributed by atoms with Gasteiger partial charge in [0.25, 0.3) is 5.91 Å². The number of carbonyl (C=O) groups excluding carboxylic acids is 2. The number of methoxy groups -OCH3 is 2. The normalized spacial score (nSPS) is 18.8. The zero-order valence-corrected chi connectivity index (χ0v) is 15.3. The number of imide groups is 1. The molecule has 138 valence electrons. The Morgan fingerprint density at radius 1 is 1.11 bits per heavy atom. The van der Waals surface area contributed by atoms with Gasteiger partial charge >= 0.3 is 6.03 Å². The molecule has 0 radical (unpaired) electrons. The van der Waals surface area contributed by atoms with Crippen LogP contribution in [0.1, 0.15) is 23.6 Å². The number of amides is 3. The lowest BCUT2D eigenvalue weighted by Crippen LogP contribution is -2.40. The van der Waals surface area contributed by atoms with E-state index in [2.05, 4.69) is 11.4 Å². The third-order valence-corrected chi connectivity index (χ3v) is 4.70. The monoisotopic (exact) mass is 365 g/mol. The van der Waals surface area contributed by atoms with Crippen molar-refractivity contribution in [2.45, 2.75) is 19.0 Å². The number of nitrogens with zero attached hydrogens (tertiary/aromatic N) is 2. The Morgan fingerprint density at radius 2 is 1.81 bits per heavy atom. The Kier molecular flexibility index (Phi) is 4.74. The van der Waals surface area contributed by atoms with Gasteiger partial charge in [-0.15, -0.1) is 0 Å². The second-order valence-corrected chi connectivity index (χ2v) is 6.29. The maximum atomic E-state index is 13.1. The summed E-state index contributed by atoms with van der Waals surface area (Å²) in [5.41, 5.74) is 0.380. The summed E-state index contributed by atoms with van der Waals surface area (Å²) in [7, 11) is 3.03. The first-order chi connectivity index (χ1) is 12.9. The van der Waals surface area contributed by atoms with Gasteiger partial charge in [-0.2, -0.15) is 5.26 Å². The average molecular weight is 365 g/mol. The molecular weight excluding hydrogens is 346 g/mol. The summed E-state index contributed by atoms with van der Waals surface area (Å²) in [6.45, 7) is 1.67. The molecule has 3 amide bonds. The largest absolute Gasteiger partial charge is 0.493 e. The van der Waals surface area contributed by atoms with Gasteiger partial charge in [0.1, 0.15) is 5.54 Å². The van der Waals surface area contributed by atoms with Gasteiger partial charge in [0.05, 0.1) is 32.4 Å². The van der Waals surface area contributed by atoms with Gasteiger partial charge in [-0.3, -0.25) is 9.69 Å². The molecular formula is C20H19N3O4. The molecule has 1 fully saturated rings. The van der Waals surface area contributed by atoms with E-state index in [4.69, 9.17) is 9.47 Å². The molecule has 2 aromatic carbocycles. The lowest BCUT2D eigenvalue weighted by atomic mass is 9.91. The highest BCUT2D eigenvalue weighted by molar-refractivity contribution is 6.07. The molecule has 0 aliphatic carbocycles. The van der Waals surface area contributed by atoms with Gasteiger partial charge < -0.3 is 14.8 Å². The van der Waals surface area contributed by atoms with Crippen molar-refractivity contribution < 1.29 is 19.1 Å². The molecule has 1 atom stereocenters. The van der Waals surface area contributed by atoms with Crippen LogP contribution in [0.4, 0.5) is 4.79 Å². The number of carbonyl (C=O) groups is 2. The Bertz CT molecular complexity index is 950. The van der Waals surface area contributed by atoms with Crippen molar-refractivity contribution in [3.8, 4) is 17.6 Å². The van der Waals surface area contributed by atoms with Gasteiger partial charge in [-0.05, 0) is 36.2 Å². The van der Waals surface area contributed by atoms with Crippen LogP contribution in [-0.2, 0) is 16.9 Å². The van der Waals surface area contributed by atoms with Gasteiger partial charge in [0.2, 0.25) is 0 Å². The summed E-state index contributed by atoms with van der Waals surface area (Å²) in [6.07, 6.45) is 0. The van der Waals surface area contributed by atoms with Crippen molar-refractivity contribution in [1.29, 1.82) is 5.26 Å². The fourth-order valence-electron chi connectivity index (χ4n) is 3.12. The molecule has 1 heterocycles. The Hall–Kier alpha value is -3.53. The maximum absolute atomic E-state index is 13.1. The highest BCUT2D eigenvalue weighted by atomic mass is 16.5. The van der Waals surface area contributed by atoms with E-state index in [9.17, 15) is 14.9 Å². The Morgan fingerprint density at radius 3 is 2.48 bits per heavy atom. The summed E-state index contributed by atoms with van der Waals surface area (Å²) in [5.74, 6) is 0.598. The minimum absolute atomic E-state index is 0.0251. The van der Waals surface area contributed by atoms with Crippen molar-refractivity contribution in [1.82, 2.24) is 10.2 Å². The molecule has 0 unspecified atom stereocenters. The standard InChI is InChI=1S/C20H19N3O4/c1-20(15-8-9-16(26-2)17(10-15)27-3)18(24)23(19(25)22-20)12-14-7-5-4-6-13(14)11-21/h4-10H,12H2,1-3H3,(H,22,25)/t20-/m1/s1. The lowest BCUT2D eigenvalue weighted by Gasteiger charge is -2.23. The molecule has 1 saturated heterocycles. The summed E-state index contributed by atoms with van der Waals surface area (Å²) < 4.78 is 10.5. The zero-order chi connectivity index (χ0) is 19.6. The van der Waals surface area contributed by atoms with Crippen LogP contribution in [-0.4, -0.2) is 31.1 Å². The smallest absolute Gasteiger partial charge is 0.325 e. The van der Waals surface area contributed by atoms with Crippen LogP contribution in [0.3, 0.4) is 0 Å². The van der Waals surface area contributed by atoms with E-state index in [-0.39, 0.29) is 6.54 Å². The van der Waals surface area contributed by atoms with Crippen LogP contribution in [0.25, 0.3) is 0 Å². The van der Waals surface area contributed by atoms with E-state index in [0.29, 0.717) is 28.2 Å². The van der Waals surface area contributed by atoms with Crippen molar-refractivity contribution >= 4 is 11.9 Å². The van der Waals surface area contributed by atoms with Gasteiger partial charge in [-0.1, -0.05) is 24.3 Å². The van der Waals surface area contributed by atoms with Crippen molar-refractivity contribution in [3.63, 3.8) is 0 Å². The molecule has 7 nitrogen and oxygen atoms in total. The first kappa shape index (κ1) is 18.3. The second-order valence-electron chi connectivity index (χ2n) is 6.29. The van der Waals surface area contributed by atoms with E-state index < -0.39 is 17.5 Å². The van der Waals surface area contributed by atoms with Crippen LogP contribution in [0, 0.1) is 11.3 Å². The Labute approximate surface area is 157 Å². The molecule has 1 N–H and O–H groups in total. The molecule has 2 aromatic rings. The predicted molar refractivity (Wildman–Crippen MR) is 97.1 cm³/mol. The van der Waals surface area contributed by atoms with Crippen molar-refractivity contribution in [2.75, 3.05) is 14.2 Å². The van der Waals surface area contributed by atoms with Gasteiger partial charge in [0, 0.05) is 0 Å². The first-order valence-corrected chi connectivity index (χ1v) is 8.29. The van der Waals surface area contributed by atoms with Crippen LogP contribution in [0.15, 0.2) is 42.5 Å². The molecule has 3 rings (SSSR count). The van der Waals surface area contributed by atoms with Crippen LogP contribution < -0.4 is 14.8 Å². The number of hydrogen-bond acceptors (Lipinski definition) is 5. The number of nitriles is 1. The molecule has 0 bridgehead atoms. The number of benzene rings is 2. The third-order valence-electron chi connectivity index (χ3n) is 4.70. The highest BCUT2D eigenvalue weighted by Crippen LogP contribution is 2.35. The van der Waals surface area contributed by atoms with Crippen LogP contribution >= 0.6 is 0 Å². The number of urea groups is 1. The number of nitrogens with one attached hydrogen (secondary N) is 1. The molecule has 0 spiro atoms. The molecule has 7 heteroatoms. The summed E-state index contributed by atoms with van der Waals surface area (Å²) in [4.78, 5) is 26.7. The average Bonchev–Trinajstić information content (AvgIpc) is 2.91. The summed E-state index contributed by atoms with van der Waals surface area (Å²) >= 11 is 0. The van der Waals surface area contributed by atoms with Gasteiger partial charge in [0.15, 0.2) is 11.5 Å². The molecule has 0 aromatic heterocycles. The van der Waals surface area contributed by atoms with Crippen molar-refractivity contribution in [3.05, 3.63) is 59.2 Å². The zero-order valence-electron chi connectivity index (χ0n) is 15.3. The maximum Gasteiger partial charge on any atom is 0.325 e. The van der Waals surface area contributed by atoms with E-state index in [0.717, 1.165) is 4.90 Å². The lowest BCUT2D eigenvalue weighted by molar-refractivity contribution is -0.131. The summed E-state index contributed by atoms with van der Waals surface area (Å²) in [6, 6.07) is 13.5. The number of ether oxygens (including phenoxy) is 2. The van der Waals surface area contributed by atoms with E-state index in [1.807, 2.05) is 0 Å².